The van der Waals surface area contributed by atoms with Gasteiger partial charge < -0.3 is 9.47 Å². The molecule has 3 saturated carbocycles. The molecule has 1 unspecified atom stereocenters. The van der Waals surface area contributed by atoms with Crippen LogP contribution in [0, 0.1) is 70.0 Å². The minimum Gasteiger partial charge on any atom is -0.462 e. The Morgan fingerprint density at radius 1 is 0.657 bits per heavy atom. The summed E-state index contributed by atoms with van der Waals surface area (Å²) < 4.78 is 11.6. The molecule has 364 valence electrons. The van der Waals surface area contributed by atoms with E-state index in [1.807, 2.05) is 30.3 Å². The van der Waals surface area contributed by atoms with Gasteiger partial charge in [0.25, 0.3) is 0 Å². The predicted octanol–water partition coefficient (Wildman–Crippen LogP) is 17.2. The number of hydrogen-bond donors (Lipinski definition) is 0. The van der Waals surface area contributed by atoms with Crippen LogP contribution in [0.5, 0.6) is 5.75 Å². The van der Waals surface area contributed by atoms with Gasteiger partial charge in [-0.3, -0.25) is 9.59 Å². The largest absolute Gasteiger partial charge is 0.462 e. The second kappa shape index (κ2) is 27.1. The van der Waals surface area contributed by atoms with Crippen molar-refractivity contribution in [2.45, 2.75) is 214 Å². The third-order valence-electron chi connectivity index (χ3n) is 16.8. The number of ether oxygens (including phenoxy) is 2. The molecule has 3 fully saturated rings. The molecule has 2 aromatic rings. The molecular formula is C61H86N2O4. The second-order valence-corrected chi connectivity index (χ2v) is 22.0. The maximum Gasteiger partial charge on any atom is 0.311 e. The van der Waals surface area contributed by atoms with Crippen molar-refractivity contribution >= 4 is 23.3 Å². The Kier molecular flexibility index (Phi) is 21.2. The summed E-state index contributed by atoms with van der Waals surface area (Å²) in [4.78, 5) is 25.2. The van der Waals surface area contributed by atoms with Gasteiger partial charge in [0, 0.05) is 32.1 Å². The Hall–Kier alpha value is -4.16. The van der Waals surface area contributed by atoms with Crippen molar-refractivity contribution in [3.8, 4) is 29.4 Å². The maximum absolute atomic E-state index is 12.9. The number of nitrogens with zero attached hydrogens (tertiary/aromatic N) is 2. The summed E-state index contributed by atoms with van der Waals surface area (Å²) in [7, 11) is 0. The van der Waals surface area contributed by atoms with Gasteiger partial charge in [-0.15, -0.1) is 0 Å². The molecule has 0 saturated heterocycles. The molecule has 0 aliphatic heterocycles. The molecule has 6 nitrogen and oxygen atoms in total. The number of hydrogen-bond acceptors (Lipinski definition) is 6. The lowest BCUT2D eigenvalue weighted by Crippen LogP contribution is -2.51. The first-order valence-electron chi connectivity index (χ1n) is 27.2. The van der Waals surface area contributed by atoms with Crippen LogP contribution in [0.1, 0.15) is 208 Å². The number of fused-ring (bicyclic) bond motifs is 5. The number of rotatable bonds is 25. The fraction of sp³-hybridized carbons (Fsp3) is 0.672. The van der Waals surface area contributed by atoms with Crippen LogP contribution < -0.4 is 4.74 Å². The summed E-state index contributed by atoms with van der Waals surface area (Å²) in [5, 5.41) is 8.44. The van der Waals surface area contributed by atoms with E-state index in [1.54, 1.807) is 29.8 Å². The molecule has 4 aliphatic rings. The molecule has 0 amide bonds. The molecule has 4 aliphatic carbocycles. The number of carbonyl (C=O) groups excluding carboxylic acids is 2. The lowest BCUT2D eigenvalue weighted by molar-refractivity contribution is -0.151. The first-order valence-corrected chi connectivity index (χ1v) is 27.2. The number of benzene rings is 2. The zero-order valence-corrected chi connectivity index (χ0v) is 42.4. The summed E-state index contributed by atoms with van der Waals surface area (Å²) in [6, 6.07) is 16.7. The summed E-state index contributed by atoms with van der Waals surface area (Å²) in [5.74, 6) is 18.0. The Balaban J connectivity index is 0.729. The van der Waals surface area contributed by atoms with Gasteiger partial charge in [-0.1, -0.05) is 147 Å². The van der Waals surface area contributed by atoms with Crippen molar-refractivity contribution in [3.63, 3.8) is 0 Å². The number of carbonyl (C=O) groups is 2. The highest BCUT2D eigenvalue weighted by molar-refractivity contribution is 5.72. The lowest BCUT2D eigenvalue weighted by atomic mass is 9.47. The molecular weight excluding hydrogens is 825 g/mol. The number of unbranched alkanes of at least 4 members (excludes halogenated alkanes) is 12. The Labute approximate surface area is 407 Å². The molecule has 0 spiro atoms. The van der Waals surface area contributed by atoms with Gasteiger partial charge in [0.1, 0.15) is 11.9 Å². The molecule has 2 aromatic carbocycles. The van der Waals surface area contributed by atoms with E-state index in [0.29, 0.717) is 35.1 Å². The van der Waals surface area contributed by atoms with Gasteiger partial charge >= 0.3 is 11.9 Å². The van der Waals surface area contributed by atoms with Crippen LogP contribution in [-0.2, 0) is 14.3 Å². The van der Waals surface area contributed by atoms with Crippen LogP contribution in [0.3, 0.4) is 0 Å². The molecule has 0 radical (unpaired) electrons. The third-order valence-corrected chi connectivity index (χ3v) is 16.8. The van der Waals surface area contributed by atoms with Gasteiger partial charge in [0.2, 0.25) is 0 Å². The van der Waals surface area contributed by atoms with Crippen molar-refractivity contribution < 1.29 is 19.1 Å². The quantitative estimate of drug-likeness (QED) is 0.0248. The van der Waals surface area contributed by atoms with Crippen LogP contribution in [0.4, 0.5) is 11.4 Å². The zero-order valence-electron chi connectivity index (χ0n) is 42.4. The van der Waals surface area contributed by atoms with Gasteiger partial charge in [-0.25, -0.2) is 0 Å². The van der Waals surface area contributed by atoms with Crippen LogP contribution in [0.15, 0.2) is 76.5 Å². The van der Waals surface area contributed by atoms with Crippen molar-refractivity contribution in [1.29, 1.82) is 0 Å². The van der Waals surface area contributed by atoms with Crippen molar-refractivity contribution in [3.05, 3.63) is 66.2 Å². The lowest BCUT2D eigenvalue weighted by Gasteiger charge is -2.58. The van der Waals surface area contributed by atoms with Crippen LogP contribution in [-0.4, -0.2) is 18.0 Å². The molecule has 8 atom stereocenters. The van der Waals surface area contributed by atoms with Crippen molar-refractivity contribution in [2.75, 3.05) is 0 Å². The molecule has 0 N–H and O–H groups in total. The van der Waals surface area contributed by atoms with E-state index in [2.05, 4.69) is 74.6 Å². The summed E-state index contributed by atoms with van der Waals surface area (Å²) in [5.41, 5.74) is 3.94. The number of esters is 2. The molecule has 0 bridgehead atoms. The van der Waals surface area contributed by atoms with E-state index in [4.69, 9.17) is 9.47 Å². The molecule has 6 heteroatoms. The first-order chi connectivity index (χ1) is 32.5. The second-order valence-electron chi connectivity index (χ2n) is 22.0. The normalized spacial score (nSPS) is 25.7. The summed E-state index contributed by atoms with van der Waals surface area (Å²) in [6.45, 7) is 12.6. The Bertz CT molecular complexity index is 2010. The van der Waals surface area contributed by atoms with Crippen LogP contribution >= 0.6 is 0 Å². The standard InChI is InChI=1S/C61H86N2O4/c1-47(2)28-27-29-48(3)55-40-41-56-54-39-34-49-46-53(42-44-60(49,4)57(54)43-45-61(55,56)5)67-59(65)33-26-21-19-17-15-13-11-9-7-6-8-10-12-14-16-18-20-25-32-58(64)66-52-37-35-51(36-38-52)63-62-50-30-23-22-24-31-50/h22-24,30-31,34-38,47-48,53-57H,8,10,12-21,25-29,32-33,39-46H2,1-5H3/t48-,53?,54+,55-,56+,57+,60+,61-/m1/s1. The molecule has 67 heavy (non-hydrogen) atoms. The fourth-order valence-electron chi connectivity index (χ4n) is 13.0. The topological polar surface area (TPSA) is 77.3 Å². The number of allylic oxidation sites excluding steroid dienone is 1. The van der Waals surface area contributed by atoms with Gasteiger partial charge in [-0.2, -0.15) is 10.2 Å². The third kappa shape index (κ3) is 15.9. The van der Waals surface area contributed by atoms with E-state index in [1.165, 1.54) is 77.0 Å². The highest BCUT2D eigenvalue weighted by Gasteiger charge is 2.59. The minimum atomic E-state index is -0.192. The summed E-state index contributed by atoms with van der Waals surface area (Å²) in [6.07, 6.45) is 32.9. The Morgan fingerprint density at radius 3 is 1.93 bits per heavy atom. The van der Waals surface area contributed by atoms with Crippen molar-refractivity contribution in [2.24, 2.45) is 56.6 Å². The van der Waals surface area contributed by atoms with E-state index in [9.17, 15) is 9.59 Å². The predicted molar refractivity (Wildman–Crippen MR) is 275 cm³/mol. The summed E-state index contributed by atoms with van der Waals surface area (Å²) >= 11 is 0. The smallest absolute Gasteiger partial charge is 0.311 e. The minimum absolute atomic E-state index is 0.0100. The van der Waals surface area contributed by atoms with Crippen LogP contribution in [0.2, 0.25) is 0 Å². The number of azo groups is 1. The monoisotopic (exact) mass is 911 g/mol. The van der Waals surface area contributed by atoms with Crippen LogP contribution in [0.25, 0.3) is 0 Å². The van der Waals surface area contributed by atoms with E-state index in [0.717, 1.165) is 125 Å². The molecule has 0 aromatic heterocycles. The highest BCUT2D eigenvalue weighted by Crippen LogP contribution is 2.67. The van der Waals surface area contributed by atoms with Crippen molar-refractivity contribution in [1.82, 2.24) is 0 Å². The van der Waals surface area contributed by atoms with Gasteiger partial charge in [0.05, 0.1) is 11.4 Å². The van der Waals surface area contributed by atoms with Gasteiger partial charge in [-0.05, 0) is 165 Å². The average molecular weight is 911 g/mol. The first kappa shape index (κ1) is 52.2. The van der Waals surface area contributed by atoms with E-state index in [-0.39, 0.29) is 18.0 Å². The fourth-order valence-corrected chi connectivity index (χ4v) is 13.0. The molecule has 0 heterocycles. The SMILES string of the molecule is CC(C)CCC[C@@H](C)[C@H]1CC[C@H]2[C@@H]3CC=C4CC(OC(=O)CCCCCCCC#CC#CCCCCCCCCCC(=O)Oc5ccc(N=Nc6ccccc6)cc5)CC[C@]4(C)[C@H]3CC[C@]12C. The maximum atomic E-state index is 12.9. The average Bonchev–Trinajstić information content (AvgIpc) is 3.68. The highest BCUT2D eigenvalue weighted by atomic mass is 16.5. The molecule has 6 rings (SSSR count). The van der Waals surface area contributed by atoms with Gasteiger partial charge in [0.15, 0.2) is 0 Å². The van der Waals surface area contributed by atoms with E-state index >= 15 is 0 Å². The zero-order chi connectivity index (χ0) is 47.3. The Morgan fingerprint density at radius 2 is 1.27 bits per heavy atom. The van der Waals surface area contributed by atoms with E-state index < -0.39 is 0 Å².